The maximum absolute atomic E-state index is 14.3. The van der Waals surface area contributed by atoms with E-state index in [9.17, 15) is 9.18 Å². The van der Waals surface area contributed by atoms with Crippen LogP contribution in [0.25, 0.3) is 16.8 Å². The highest BCUT2D eigenvalue weighted by molar-refractivity contribution is 7.11. The Balaban J connectivity index is 1.78. The van der Waals surface area contributed by atoms with Crippen molar-refractivity contribution >= 4 is 28.6 Å². The molecule has 1 unspecified atom stereocenters. The standard InChI is InChI=1S/C19H16FN5OS/c1-10-16(17(25-19(26)23-10)13-6-7-22-8-14(13)20)18-24-15(9-27-18)11-2-4-12(21)5-3-11/h2-9,17H,21H2,1H3,(H2,23,25,26). The summed E-state index contributed by atoms with van der Waals surface area (Å²) >= 11 is 1.43. The van der Waals surface area contributed by atoms with E-state index in [1.165, 1.54) is 17.5 Å². The number of nitrogens with one attached hydrogen (secondary N) is 2. The molecular formula is C19H16FN5OS. The molecule has 1 aliphatic heterocycles. The molecule has 0 radical (unpaired) electrons. The number of carbonyl (C=O) groups excluding carboxylic acids is 1. The molecule has 0 spiro atoms. The van der Waals surface area contributed by atoms with Gasteiger partial charge in [-0.05, 0) is 25.1 Å². The quantitative estimate of drug-likeness (QED) is 0.603. The van der Waals surface area contributed by atoms with Gasteiger partial charge in [0, 0.05) is 39.7 Å². The maximum atomic E-state index is 14.3. The lowest BCUT2D eigenvalue weighted by molar-refractivity contribution is 0.240. The second-order valence-electron chi connectivity index (χ2n) is 6.13. The lowest BCUT2D eigenvalue weighted by Crippen LogP contribution is -2.43. The van der Waals surface area contributed by atoms with Gasteiger partial charge >= 0.3 is 6.03 Å². The first-order valence-corrected chi connectivity index (χ1v) is 9.10. The van der Waals surface area contributed by atoms with Crippen molar-refractivity contribution < 1.29 is 9.18 Å². The molecule has 136 valence electrons. The Morgan fingerprint density at radius 2 is 2.00 bits per heavy atom. The number of thiazole rings is 1. The molecule has 4 rings (SSSR count). The zero-order chi connectivity index (χ0) is 19.0. The number of nitrogen functional groups attached to an aromatic ring is 1. The average Bonchev–Trinajstić information content (AvgIpc) is 3.11. The van der Waals surface area contributed by atoms with E-state index in [-0.39, 0.29) is 6.03 Å². The summed E-state index contributed by atoms with van der Waals surface area (Å²) in [6.45, 7) is 1.78. The van der Waals surface area contributed by atoms with Crippen LogP contribution < -0.4 is 16.4 Å². The van der Waals surface area contributed by atoms with Gasteiger partial charge in [0.2, 0.25) is 0 Å². The van der Waals surface area contributed by atoms with Crippen LogP contribution in [0.15, 0.2) is 53.8 Å². The molecule has 8 heteroatoms. The highest BCUT2D eigenvalue weighted by atomic mass is 32.1. The van der Waals surface area contributed by atoms with Gasteiger partial charge in [-0.2, -0.15) is 0 Å². The summed E-state index contributed by atoms with van der Waals surface area (Å²) in [5.41, 5.74) is 9.86. The summed E-state index contributed by atoms with van der Waals surface area (Å²) in [4.78, 5) is 20.5. The number of allylic oxidation sites excluding steroid dienone is 1. The Kier molecular flexibility index (Phi) is 4.33. The third-order valence-electron chi connectivity index (χ3n) is 4.33. The Morgan fingerprint density at radius 1 is 1.22 bits per heavy atom. The third kappa shape index (κ3) is 3.26. The van der Waals surface area contributed by atoms with Crippen LogP contribution in [0.2, 0.25) is 0 Å². The van der Waals surface area contributed by atoms with Crippen molar-refractivity contribution in [3.8, 4) is 11.3 Å². The summed E-state index contributed by atoms with van der Waals surface area (Å²) in [5, 5.41) is 8.16. The van der Waals surface area contributed by atoms with E-state index < -0.39 is 11.9 Å². The second kappa shape index (κ2) is 6.81. The van der Waals surface area contributed by atoms with E-state index in [0.29, 0.717) is 22.0 Å². The lowest BCUT2D eigenvalue weighted by atomic mass is 9.96. The molecule has 0 saturated carbocycles. The monoisotopic (exact) mass is 381 g/mol. The van der Waals surface area contributed by atoms with E-state index >= 15 is 0 Å². The number of hydrogen-bond donors (Lipinski definition) is 3. The smallest absolute Gasteiger partial charge is 0.319 e. The highest BCUT2D eigenvalue weighted by Gasteiger charge is 2.31. The lowest BCUT2D eigenvalue weighted by Gasteiger charge is -2.28. The first-order valence-electron chi connectivity index (χ1n) is 8.22. The van der Waals surface area contributed by atoms with Crippen LogP contribution in [0.4, 0.5) is 14.9 Å². The molecule has 6 nitrogen and oxygen atoms in total. The molecule has 2 aromatic heterocycles. The van der Waals surface area contributed by atoms with Crippen LogP contribution in [0, 0.1) is 5.82 Å². The highest BCUT2D eigenvalue weighted by Crippen LogP contribution is 2.37. The van der Waals surface area contributed by atoms with E-state index in [0.717, 1.165) is 23.0 Å². The Labute approximate surface area is 159 Å². The molecule has 4 N–H and O–H groups in total. The van der Waals surface area contributed by atoms with Crippen molar-refractivity contribution in [1.29, 1.82) is 0 Å². The average molecular weight is 381 g/mol. The summed E-state index contributed by atoms with van der Waals surface area (Å²) in [5.74, 6) is -0.481. The number of amides is 2. The molecule has 0 fully saturated rings. The first-order chi connectivity index (χ1) is 13.0. The fourth-order valence-electron chi connectivity index (χ4n) is 3.01. The van der Waals surface area contributed by atoms with Crippen molar-refractivity contribution in [2.24, 2.45) is 0 Å². The minimum atomic E-state index is -0.646. The number of nitrogens with zero attached hydrogens (tertiary/aromatic N) is 2. The number of urea groups is 1. The van der Waals surface area contributed by atoms with Crippen LogP contribution in [0.5, 0.6) is 0 Å². The van der Waals surface area contributed by atoms with Crippen LogP contribution in [0.3, 0.4) is 0 Å². The molecule has 1 aromatic carbocycles. The van der Waals surface area contributed by atoms with Crippen molar-refractivity contribution in [3.05, 3.63) is 70.2 Å². The third-order valence-corrected chi connectivity index (χ3v) is 5.20. The molecule has 0 aliphatic carbocycles. The molecule has 1 aliphatic rings. The summed E-state index contributed by atoms with van der Waals surface area (Å²) in [6, 6.07) is 7.97. The molecular weight excluding hydrogens is 365 g/mol. The van der Waals surface area contributed by atoms with Gasteiger partial charge < -0.3 is 16.4 Å². The molecule has 0 bridgehead atoms. The van der Waals surface area contributed by atoms with Crippen LogP contribution in [-0.2, 0) is 0 Å². The van der Waals surface area contributed by atoms with Crippen LogP contribution >= 0.6 is 11.3 Å². The number of anilines is 1. The normalized spacial score (nSPS) is 16.8. The summed E-state index contributed by atoms with van der Waals surface area (Å²) < 4.78 is 14.3. The molecule has 3 aromatic rings. The van der Waals surface area contributed by atoms with Crippen LogP contribution in [0.1, 0.15) is 23.5 Å². The molecule has 27 heavy (non-hydrogen) atoms. The number of hydrogen-bond acceptors (Lipinski definition) is 5. The molecule has 3 heterocycles. The van der Waals surface area contributed by atoms with Crippen molar-refractivity contribution in [2.45, 2.75) is 13.0 Å². The number of benzene rings is 1. The van der Waals surface area contributed by atoms with Crippen LogP contribution in [-0.4, -0.2) is 16.0 Å². The largest absolute Gasteiger partial charge is 0.399 e. The second-order valence-corrected chi connectivity index (χ2v) is 6.99. The zero-order valence-electron chi connectivity index (χ0n) is 14.4. The summed E-state index contributed by atoms with van der Waals surface area (Å²) in [7, 11) is 0. The minimum Gasteiger partial charge on any atom is -0.399 e. The van der Waals surface area contributed by atoms with Crippen molar-refractivity contribution in [1.82, 2.24) is 20.6 Å². The van der Waals surface area contributed by atoms with Gasteiger partial charge in [0.25, 0.3) is 0 Å². The first kappa shape index (κ1) is 17.2. The van der Waals surface area contributed by atoms with Gasteiger partial charge in [-0.3, -0.25) is 4.98 Å². The number of carbonyl (C=O) groups is 1. The number of nitrogens with two attached hydrogens (primary N) is 1. The van der Waals surface area contributed by atoms with Gasteiger partial charge in [0.05, 0.1) is 17.9 Å². The van der Waals surface area contributed by atoms with Gasteiger partial charge in [0.1, 0.15) is 10.8 Å². The van der Waals surface area contributed by atoms with Crippen molar-refractivity contribution in [3.63, 3.8) is 0 Å². The number of aromatic nitrogens is 2. The van der Waals surface area contributed by atoms with E-state index in [4.69, 9.17) is 10.7 Å². The van der Waals surface area contributed by atoms with Gasteiger partial charge in [-0.15, -0.1) is 11.3 Å². The van der Waals surface area contributed by atoms with Gasteiger partial charge in [-0.1, -0.05) is 12.1 Å². The fourth-order valence-corrected chi connectivity index (χ4v) is 3.98. The van der Waals surface area contributed by atoms with E-state index in [1.54, 1.807) is 13.0 Å². The SMILES string of the molecule is CC1=C(c2nc(-c3ccc(N)cc3)cs2)C(c2ccncc2F)NC(=O)N1. The van der Waals surface area contributed by atoms with Crippen molar-refractivity contribution in [2.75, 3.05) is 5.73 Å². The molecule has 0 saturated heterocycles. The topological polar surface area (TPSA) is 92.9 Å². The predicted molar refractivity (Wildman–Crippen MR) is 103 cm³/mol. The molecule has 2 amide bonds. The Bertz CT molecular complexity index is 1040. The van der Waals surface area contributed by atoms with Gasteiger partial charge in [0.15, 0.2) is 0 Å². The summed E-state index contributed by atoms with van der Waals surface area (Å²) in [6.07, 6.45) is 2.64. The number of pyridine rings is 1. The predicted octanol–water partition coefficient (Wildman–Crippen LogP) is 3.71. The maximum Gasteiger partial charge on any atom is 0.319 e. The zero-order valence-corrected chi connectivity index (χ0v) is 15.2. The van der Waals surface area contributed by atoms with E-state index in [2.05, 4.69) is 15.6 Å². The minimum absolute atomic E-state index is 0.346. The Morgan fingerprint density at radius 3 is 2.74 bits per heavy atom. The number of rotatable bonds is 3. The van der Waals surface area contributed by atoms with Gasteiger partial charge in [-0.25, -0.2) is 14.2 Å². The van der Waals surface area contributed by atoms with E-state index in [1.807, 2.05) is 29.6 Å². The molecule has 1 atom stereocenters. The number of halogens is 1. The fraction of sp³-hybridized carbons (Fsp3) is 0.105. The Hall–Kier alpha value is -3.26.